The number of carbonyl (C=O) groups excluding carboxylic acids is 1. The summed E-state index contributed by atoms with van der Waals surface area (Å²) < 4.78 is 5.49. The van der Waals surface area contributed by atoms with Crippen LogP contribution in [-0.4, -0.2) is 57.4 Å². The van der Waals surface area contributed by atoms with Gasteiger partial charge in [-0.3, -0.25) is 9.69 Å². The molecular formula is C16H18N2O5S. The predicted molar refractivity (Wildman–Crippen MR) is 88.0 cm³/mol. The van der Waals surface area contributed by atoms with Crippen molar-refractivity contribution in [3.63, 3.8) is 0 Å². The molecule has 0 spiro atoms. The van der Waals surface area contributed by atoms with Gasteiger partial charge in [-0.15, -0.1) is 11.8 Å². The highest BCUT2D eigenvalue weighted by Crippen LogP contribution is 2.39. The summed E-state index contributed by atoms with van der Waals surface area (Å²) in [7, 11) is 0. The molecule has 1 fully saturated rings. The van der Waals surface area contributed by atoms with Crippen LogP contribution < -0.4 is 5.73 Å². The Morgan fingerprint density at radius 3 is 2.79 bits per heavy atom. The van der Waals surface area contributed by atoms with E-state index in [-0.39, 0.29) is 30.2 Å². The summed E-state index contributed by atoms with van der Waals surface area (Å²) in [6.07, 6.45) is -0.789. The lowest BCUT2D eigenvalue weighted by molar-refractivity contribution is -0.148. The van der Waals surface area contributed by atoms with Crippen LogP contribution in [0.15, 0.2) is 41.6 Å². The Balaban J connectivity index is 1.65. The number of hydrogen-bond donors (Lipinski definition) is 3. The number of nitrogens with two attached hydrogens (primary N) is 1. The highest BCUT2D eigenvalue weighted by molar-refractivity contribution is 8.00. The van der Waals surface area contributed by atoms with Crippen molar-refractivity contribution < 1.29 is 24.5 Å². The summed E-state index contributed by atoms with van der Waals surface area (Å²) in [5.41, 5.74) is 6.90. The van der Waals surface area contributed by atoms with Crippen LogP contribution in [0.3, 0.4) is 0 Å². The van der Waals surface area contributed by atoms with Gasteiger partial charge < -0.3 is 20.7 Å². The van der Waals surface area contributed by atoms with Gasteiger partial charge in [-0.1, -0.05) is 30.3 Å². The van der Waals surface area contributed by atoms with E-state index in [4.69, 9.17) is 10.5 Å². The van der Waals surface area contributed by atoms with Crippen LogP contribution in [0.4, 0.5) is 0 Å². The number of carboxylic acids is 1. The molecule has 2 unspecified atom stereocenters. The number of nitrogens with zero attached hydrogens (tertiary/aromatic N) is 1. The molecule has 1 amide bonds. The fraction of sp³-hybridized carbons (Fsp3) is 0.375. The van der Waals surface area contributed by atoms with Crippen LogP contribution in [0.1, 0.15) is 11.7 Å². The highest BCUT2D eigenvalue weighted by atomic mass is 32.2. The smallest absolute Gasteiger partial charge is 0.352 e. The molecule has 1 aromatic carbocycles. The summed E-state index contributed by atoms with van der Waals surface area (Å²) in [5, 5.41) is 19.2. The molecule has 2 aliphatic rings. The minimum Gasteiger partial charge on any atom is -0.477 e. The molecule has 4 N–H and O–H groups in total. The molecule has 0 saturated carbocycles. The molecule has 0 aromatic heterocycles. The molecule has 0 radical (unpaired) electrons. The number of fused-ring (bicyclic) bond motifs is 1. The van der Waals surface area contributed by atoms with Gasteiger partial charge in [0.1, 0.15) is 23.2 Å². The maximum absolute atomic E-state index is 11.8. The predicted octanol–water partition coefficient (Wildman–Crippen LogP) is 0.318. The fourth-order valence-electron chi connectivity index (χ4n) is 2.76. The van der Waals surface area contributed by atoms with Crippen LogP contribution in [0.2, 0.25) is 0 Å². The SMILES string of the molecule is NC1C(=O)N2C(C(=O)O)=C(COCC(O)c3ccccc3)CS[C@@H]12. The third-order valence-corrected chi connectivity index (χ3v) is 5.39. The molecule has 0 aliphatic carbocycles. The normalized spacial score (nSPS) is 24.4. The van der Waals surface area contributed by atoms with E-state index >= 15 is 0 Å². The number of aliphatic hydroxyl groups is 1. The molecule has 2 aliphatic heterocycles. The first-order chi connectivity index (χ1) is 11.5. The Morgan fingerprint density at radius 2 is 2.12 bits per heavy atom. The number of amides is 1. The van der Waals surface area contributed by atoms with Crippen molar-refractivity contribution in [2.24, 2.45) is 5.73 Å². The standard InChI is InChI=1S/C16H18N2O5S/c17-12-14(20)18-13(16(21)22)10(8-24-15(12)18)6-23-7-11(19)9-4-2-1-3-5-9/h1-5,11-12,15,19H,6-8,17H2,(H,21,22)/t11?,12?,15-/m0/s1. The lowest BCUT2D eigenvalue weighted by Gasteiger charge is -2.48. The molecule has 3 rings (SSSR count). The minimum absolute atomic E-state index is 0.0420. The van der Waals surface area contributed by atoms with Crippen LogP contribution in [0.25, 0.3) is 0 Å². The number of thioether (sulfide) groups is 1. The van der Waals surface area contributed by atoms with Crippen molar-refractivity contribution in [3.8, 4) is 0 Å². The average Bonchev–Trinajstić information content (AvgIpc) is 2.60. The molecule has 24 heavy (non-hydrogen) atoms. The van der Waals surface area contributed by atoms with E-state index in [1.807, 2.05) is 18.2 Å². The van der Waals surface area contributed by atoms with E-state index in [0.717, 1.165) is 5.56 Å². The van der Waals surface area contributed by atoms with Gasteiger partial charge in [0, 0.05) is 5.75 Å². The van der Waals surface area contributed by atoms with Crippen molar-refractivity contribution in [1.82, 2.24) is 4.90 Å². The zero-order valence-corrected chi connectivity index (χ0v) is 13.6. The van der Waals surface area contributed by atoms with Crippen molar-refractivity contribution in [1.29, 1.82) is 0 Å². The first kappa shape index (κ1) is 17.0. The second-order valence-electron chi connectivity index (χ2n) is 5.63. The Bertz CT molecular complexity index is 678. The average molecular weight is 350 g/mol. The van der Waals surface area contributed by atoms with E-state index in [9.17, 15) is 19.8 Å². The lowest BCUT2D eigenvalue weighted by Crippen LogP contribution is -2.68. The number of rotatable bonds is 6. The maximum Gasteiger partial charge on any atom is 0.352 e. The molecule has 1 aromatic rings. The van der Waals surface area contributed by atoms with E-state index in [0.29, 0.717) is 11.3 Å². The summed E-state index contributed by atoms with van der Waals surface area (Å²) in [6, 6.07) is 8.42. The van der Waals surface area contributed by atoms with Gasteiger partial charge in [0.25, 0.3) is 0 Å². The van der Waals surface area contributed by atoms with Crippen molar-refractivity contribution >= 4 is 23.6 Å². The van der Waals surface area contributed by atoms with Gasteiger partial charge in [0.05, 0.1) is 13.2 Å². The number of hydrogen-bond acceptors (Lipinski definition) is 6. The summed E-state index contributed by atoms with van der Waals surface area (Å²) in [5.74, 6) is -1.11. The Hall–Kier alpha value is -1.87. The van der Waals surface area contributed by atoms with Gasteiger partial charge in [0.2, 0.25) is 5.91 Å². The van der Waals surface area contributed by atoms with E-state index in [1.54, 1.807) is 12.1 Å². The van der Waals surface area contributed by atoms with Gasteiger partial charge in [0.15, 0.2) is 0 Å². The maximum atomic E-state index is 11.8. The van der Waals surface area contributed by atoms with Gasteiger partial charge in [-0.2, -0.15) is 0 Å². The first-order valence-corrected chi connectivity index (χ1v) is 8.52. The number of benzene rings is 1. The Morgan fingerprint density at radius 1 is 1.42 bits per heavy atom. The monoisotopic (exact) mass is 350 g/mol. The number of aliphatic carboxylic acids is 1. The van der Waals surface area contributed by atoms with Crippen LogP contribution >= 0.6 is 11.8 Å². The van der Waals surface area contributed by atoms with Gasteiger partial charge >= 0.3 is 5.97 Å². The second-order valence-corrected chi connectivity index (χ2v) is 6.74. The number of carboxylic acid groups (broad SMARTS) is 1. The van der Waals surface area contributed by atoms with Crippen molar-refractivity contribution in [3.05, 3.63) is 47.2 Å². The molecule has 0 bridgehead atoms. The Kier molecular flexibility index (Phi) is 4.91. The van der Waals surface area contributed by atoms with Crippen molar-refractivity contribution in [2.75, 3.05) is 19.0 Å². The van der Waals surface area contributed by atoms with E-state index in [2.05, 4.69) is 0 Å². The molecule has 3 atom stereocenters. The van der Waals surface area contributed by atoms with E-state index < -0.39 is 18.1 Å². The molecular weight excluding hydrogens is 332 g/mol. The van der Waals surface area contributed by atoms with Crippen LogP contribution in [0, 0.1) is 0 Å². The van der Waals surface area contributed by atoms with Gasteiger partial charge in [-0.25, -0.2) is 4.79 Å². The van der Waals surface area contributed by atoms with Gasteiger partial charge in [-0.05, 0) is 11.1 Å². The zero-order valence-electron chi connectivity index (χ0n) is 12.8. The zero-order chi connectivity index (χ0) is 17.3. The lowest BCUT2D eigenvalue weighted by atomic mass is 10.0. The van der Waals surface area contributed by atoms with Crippen LogP contribution in [0.5, 0.6) is 0 Å². The van der Waals surface area contributed by atoms with Crippen LogP contribution in [-0.2, 0) is 14.3 Å². The molecule has 128 valence electrons. The number of ether oxygens (including phenoxy) is 1. The number of β-lactam (4-membered cyclic amide) rings is 1. The largest absolute Gasteiger partial charge is 0.477 e. The topological polar surface area (TPSA) is 113 Å². The second kappa shape index (κ2) is 6.94. The van der Waals surface area contributed by atoms with E-state index in [1.165, 1.54) is 16.7 Å². The number of carbonyl (C=O) groups is 2. The summed E-state index contributed by atoms with van der Waals surface area (Å²) in [6.45, 7) is 0.0895. The molecule has 7 nitrogen and oxygen atoms in total. The molecule has 2 heterocycles. The summed E-state index contributed by atoms with van der Waals surface area (Å²) in [4.78, 5) is 24.6. The summed E-state index contributed by atoms with van der Waals surface area (Å²) >= 11 is 1.43. The third-order valence-electron chi connectivity index (χ3n) is 4.03. The van der Waals surface area contributed by atoms with Crippen molar-refractivity contribution in [2.45, 2.75) is 17.5 Å². The highest BCUT2D eigenvalue weighted by Gasteiger charge is 2.51. The minimum atomic E-state index is -1.16. The number of aliphatic hydroxyl groups excluding tert-OH is 1. The fourth-order valence-corrected chi connectivity index (χ4v) is 4.03. The quantitative estimate of drug-likeness (QED) is 0.633. The first-order valence-electron chi connectivity index (χ1n) is 7.47. The molecule has 1 saturated heterocycles. The molecule has 8 heteroatoms. The Labute approximate surface area is 143 Å². The third kappa shape index (κ3) is 3.05.